The highest BCUT2D eigenvalue weighted by molar-refractivity contribution is 6.09. The number of fused-ring (bicyclic) bond motifs is 1. The van der Waals surface area contributed by atoms with Gasteiger partial charge in [0.25, 0.3) is 5.91 Å². The minimum Gasteiger partial charge on any atom is -0.386 e. The van der Waals surface area contributed by atoms with Crippen LogP contribution in [0.2, 0.25) is 0 Å². The van der Waals surface area contributed by atoms with Gasteiger partial charge in [-0.05, 0) is 49.7 Å². The molecule has 7 nitrogen and oxygen atoms in total. The van der Waals surface area contributed by atoms with E-state index in [0.29, 0.717) is 28.4 Å². The molecule has 2 N–H and O–H groups in total. The summed E-state index contributed by atoms with van der Waals surface area (Å²) >= 11 is 0. The van der Waals surface area contributed by atoms with E-state index in [-0.39, 0.29) is 11.4 Å². The van der Waals surface area contributed by atoms with Crippen LogP contribution in [0.1, 0.15) is 35.3 Å². The van der Waals surface area contributed by atoms with Crippen LogP contribution < -0.4 is 5.32 Å². The van der Waals surface area contributed by atoms with Crippen LogP contribution in [0.5, 0.6) is 0 Å². The summed E-state index contributed by atoms with van der Waals surface area (Å²) in [5, 5.41) is 21.8. The fraction of sp³-hybridized carbons (Fsp3) is 0.179. The first kappa shape index (κ1) is 26.1. The molecule has 3 heterocycles. The molecule has 0 aliphatic carbocycles. The molecule has 5 aromatic rings. The van der Waals surface area contributed by atoms with Crippen molar-refractivity contribution in [2.24, 2.45) is 7.05 Å². The number of aryl methyl sites for hydroxylation is 1. The lowest BCUT2D eigenvalue weighted by molar-refractivity contribution is -0.137. The van der Waals surface area contributed by atoms with Crippen molar-refractivity contribution >= 4 is 17.1 Å². The summed E-state index contributed by atoms with van der Waals surface area (Å²) in [6.07, 6.45) is -1.81. The standard InChI is InChI=1S/C28H23F4N5O2/c1-27(2,39)17-9-12-37-23(13-17)25(24(35-37)16-7-5-4-6-8-16)33-26(38)19-14-18(22-10-11-36(3)34-22)20(15-21(19)29)28(30,31)32/h4-15,39H,1-3H3,(H,33,38). The summed E-state index contributed by atoms with van der Waals surface area (Å²) < 4.78 is 59.2. The highest BCUT2D eigenvalue weighted by Gasteiger charge is 2.36. The van der Waals surface area contributed by atoms with Crippen molar-refractivity contribution in [1.82, 2.24) is 19.4 Å². The van der Waals surface area contributed by atoms with Gasteiger partial charge in [-0.1, -0.05) is 30.3 Å². The van der Waals surface area contributed by atoms with Gasteiger partial charge in [0.15, 0.2) is 0 Å². The number of anilines is 1. The van der Waals surface area contributed by atoms with E-state index in [0.717, 1.165) is 6.07 Å². The van der Waals surface area contributed by atoms with Crippen LogP contribution in [0.25, 0.3) is 28.0 Å². The first-order valence-electron chi connectivity index (χ1n) is 11.9. The molecule has 0 aliphatic rings. The molecule has 39 heavy (non-hydrogen) atoms. The van der Waals surface area contributed by atoms with Gasteiger partial charge in [0.05, 0.1) is 33.6 Å². The molecule has 11 heteroatoms. The number of aromatic nitrogens is 4. The Hall–Kier alpha value is -4.51. The van der Waals surface area contributed by atoms with E-state index in [1.165, 1.54) is 28.5 Å². The van der Waals surface area contributed by atoms with E-state index in [1.54, 1.807) is 62.5 Å². The fourth-order valence-corrected chi connectivity index (χ4v) is 4.28. The van der Waals surface area contributed by atoms with Crippen molar-refractivity contribution in [3.8, 4) is 22.5 Å². The number of benzene rings is 2. The molecule has 0 spiro atoms. The number of halogens is 4. The Bertz CT molecular complexity index is 1700. The predicted octanol–water partition coefficient (Wildman–Crippen LogP) is 6.04. The number of rotatable bonds is 5. The van der Waals surface area contributed by atoms with Crippen molar-refractivity contribution in [2.45, 2.75) is 25.6 Å². The summed E-state index contributed by atoms with van der Waals surface area (Å²) in [7, 11) is 1.53. The molecular formula is C28H23F4N5O2. The van der Waals surface area contributed by atoms with Crippen LogP contribution in [0.3, 0.4) is 0 Å². The van der Waals surface area contributed by atoms with Gasteiger partial charge >= 0.3 is 6.18 Å². The van der Waals surface area contributed by atoms with Gasteiger partial charge in [-0.25, -0.2) is 8.91 Å². The van der Waals surface area contributed by atoms with Gasteiger partial charge in [-0.2, -0.15) is 23.4 Å². The number of nitrogens with zero attached hydrogens (tertiary/aromatic N) is 4. The highest BCUT2D eigenvalue weighted by Crippen LogP contribution is 2.39. The Morgan fingerprint density at radius 1 is 0.974 bits per heavy atom. The maximum Gasteiger partial charge on any atom is 0.417 e. The number of nitrogens with one attached hydrogen (secondary N) is 1. The average molecular weight is 538 g/mol. The van der Waals surface area contributed by atoms with Gasteiger partial charge in [-0.15, -0.1) is 0 Å². The Morgan fingerprint density at radius 2 is 1.69 bits per heavy atom. The van der Waals surface area contributed by atoms with E-state index >= 15 is 4.39 Å². The summed E-state index contributed by atoms with van der Waals surface area (Å²) in [6.45, 7) is 3.20. The second-order valence-electron chi connectivity index (χ2n) is 9.60. The molecule has 5 rings (SSSR count). The minimum atomic E-state index is -4.88. The Morgan fingerprint density at radius 3 is 2.31 bits per heavy atom. The quantitative estimate of drug-likeness (QED) is 0.268. The number of carbonyl (C=O) groups excluding carboxylic acids is 1. The summed E-state index contributed by atoms with van der Waals surface area (Å²) in [6, 6.07) is 14.7. The molecule has 0 saturated carbocycles. The van der Waals surface area contributed by atoms with Crippen molar-refractivity contribution in [2.75, 3.05) is 5.32 Å². The van der Waals surface area contributed by atoms with Crippen LogP contribution >= 0.6 is 0 Å². The van der Waals surface area contributed by atoms with Crippen molar-refractivity contribution in [3.63, 3.8) is 0 Å². The third kappa shape index (κ3) is 5.00. The van der Waals surface area contributed by atoms with E-state index in [4.69, 9.17) is 0 Å². The number of carbonyl (C=O) groups is 1. The first-order valence-corrected chi connectivity index (χ1v) is 11.9. The lowest BCUT2D eigenvalue weighted by Gasteiger charge is -2.18. The Kier molecular flexibility index (Phi) is 6.26. The average Bonchev–Trinajstić information content (AvgIpc) is 3.46. The van der Waals surface area contributed by atoms with Gasteiger partial charge in [0, 0.05) is 30.6 Å². The Balaban J connectivity index is 1.66. The summed E-state index contributed by atoms with van der Waals surface area (Å²) in [5.41, 5.74) is -1.41. The molecule has 0 saturated heterocycles. The largest absolute Gasteiger partial charge is 0.417 e. The molecule has 0 aliphatic heterocycles. The van der Waals surface area contributed by atoms with E-state index in [1.807, 2.05) is 0 Å². The number of hydrogen-bond acceptors (Lipinski definition) is 4. The topological polar surface area (TPSA) is 84.5 Å². The monoisotopic (exact) mass is 537 g/mol. The van der Waals surface area contributed by atoms with E-state index < -0.39 is 40.2 Å². The molecule has 0 atom stereocenters. The minimum absolute atomic E-state index is 0.0605. The second kappa shape index (κ2) is 9.35. The maximum atomic E-state index is 15.1. The molecule has 1 amide bonds. The van der Waals surface area contributed by atoms with Gasteiger partial charge < -0.3 is 10.4 Å². The highest BCUT2D eigenvalue weighted by atomic mass is 19.4. The van der Waals surface area contributed by atoms with Gasteiger partial charge in [-0.3, -0.25) is 9.48 Å². The lowest BCUT2D eigenvalue weighted by Crippen LogP contribution is -2.17. The molecule has 0 unspecified atom stereocenters. The van der Waals surface area contributed by atoms with Crippen LogP contribution in [0.15, 0.2) is 73.1 Å². The lowest BCUT2D eigenvalue weighted by atomic mass is 9.98. The maximum absolute atomic E-state index is 15.1. The molecule has 0 radical (unpaired) electrons. The van der Waals surface area contributed by atoms with E-state index in [9.17, 15) is 23.1 Å². The van der Waals surface area contributed by atoms with Crippen molar-refractivity contribution in [1.29, 1.82) is 0 Å². The molecule has 0 bridgehead atoms. The van der Waals surface area contributed by atoms with Crippen LogP contribution in [-0.4, -0.2) is 30.4 Å². The first-order chi connectivity index (χ1) is 18.3. The Labute approximate surface area is 220 Å². The molecule has 2 aromatic carbocycles. The summed E-state index contributed by atoms with van der Waals surface area (Å²) in [5.74, 6) is -2.31. The zero-order valence-electron chi connectivity index (χ0n) is 21.1. The predicted molar refractivity (Wildman–Crippen MR) is 137 cm³/mol. The SMILES string of the molecule is Cn1ccc(-c2cc(C(=O)Nc3c(-c4ccccc4)nn4ccc(C(C)(C)O)cc34)c(F)cc2C(F)(F)F)n1. The third-order valence-electron chi connectivity index (χ3n) is 6.27. The van der Waals surface area contributed by atoms with Crippen LogP contribution in [0.4, 0.5) is 23.2 Å². The number of pyridine rings is 1. The summed E-state index contributed by atoms with van der Waals surface area (Å²) in [4.78, 5) is 13.4. The number of aliphatic hydroxyl groups is 1. The zero-order chi connectivity index (χ0) is 28.1. The van der Waals surface area contributed by atoms with Crippen LogP contribution in [0, 0.1) is 5.82 Å². The molecular weight excluding hydrogens is 514 g/mol. The number of alkyl halides is 3. The van der Waals surface area contributed by atoms with E-state index in [2.05, 4.69) is 15.5 Å². The molecule has 3 aromatic heterocycles. The molecule has 200 valence electrons. The normalized spacial score (nSPS) is 12.2. The fourth-order valence-electron chi connectivity index (χ4n) is 4.28. The van der Waals surface area contributed by atoms with Crippen molar-refractivity contribution in [3.05, 3.63) is 95.6 Å². The van der Waals surface area contributed by atoms with Crippen molar-refractivity contribution < 1.29 is 27.5 Å². The second-order valence-corrected chi connectivity index (χ2v) is 9.60. The third-order valence-corrected chi connectivity index (χ3v) is 6.27. The molecule has 0 fully saturated rings. The smallest absolute Gasteiger partial charge is 0.386 e. The van der Waals surface area contributed by atoms with Crippen LogP contribution in [-0.2, 0) is 18.8 Å². The van der Waals surface area contributed by atoms with Gasteiger partial charge in [0.1, 0.15) is 11.5 Å². The van der Waals surface area contributed by atoms with Gasteiger partial charge in [0.2, 0.25) is 0 Å². The zero-order valence-corrected chi connectivity index (χ0v) is 21.1. The number of amides is 1. The number of hydrogen-bond donors (Lipinski definition) is 2.